The largest absolute Gasteiger partial charge is 0.492 e. The molecule has 0 bridgehead atoms. The summed E-state index contributed by atoms with van der Waals surface area (Å²) in [6.07, 6.45) is 0.308. The van der Waals surface area contributed by atoms with Crippen molar-refractivity contribution in [3.63, 3.8) is 0 Å². The van der Waals surface area contributed by atoms with E-state index < -0.39 is 0 Å². The average molecular weight is 358 g/mol. The van der Waals surface area contributed by atoms with Crippen molar-refractivity contribution in [3.8, 4) is 5.88 Å². The molecule has 3 heterocycles. The van der Waals surface area contributed by atoms with Crippen LogP contribution in [-0.4, -0.2) is 49.9 Å². The molecule has 0 radical (unpaired) electrons. The molecule has 1 saturated heterocycles. The van der Waals surface area contributed by atoms with E-state index in [9.17, 15) is 5.11 Å². The standard InChI is InChI=1S/C18H22N4O2S/c1-11-9-21(10-12(2)24-11)15(14-7-5-4-6-8-14)16-17(23)22-18(25-16)19-13(3)20-22/h4-8,11-12,15,23H,9-10H2,1-3H3/t11-,12+,15-/m1/s1. The molecule has 0 unspecified atom stereocenters. The van der Waals surface area contributed by atoms with E-state index in [-0.39, 0.29) is 24.1 Å². The topological polar surface area (TPSA) is 62.9 Å². The molecule has 1 fully saturated rings. The molecule has 3 aromatic rings. The maximum absolute atomic E-state index is 10.8. The Morgan fingerprint density at radius 2 is 1.88 bits per heavy atom. The molecule has 25 heavy (non-hydrogen) atoms. The van der Waals surface area contributed by atoms with Crippen LogP contribution >= 0.6 is 11.3 Å². The molecule has 0 saturated carbocycles. The SMILES string of the molecule is Cc1nc2sc([C@@H](c3ccccc3)N3C[C@@H](C)O[C@@H](C)C3)c(O)n2n1. The lowest BCUT2D eigenvalue weighted by molar-refractivity contribution is -0.0764. The second-order valence-electron chi connectivity index (χ2n) is 6.67. The van der Waals surface area contributed by atoms with Gasteiger partial charge in [0.2, 0.25) is 10.8 Å². The van der Waals surface area contributed by atoms with Crippen molar-refractivity contribution in [1.29, 1.82) is 0 Å². The zero-order valence-electron chi connectivity index (χ0n) is 14.6. The van der Waals surface area contributed by atoms with E-state index in [2.05, 4.69) is 41.0 Å². The summed E-state index contributed by atoms with van der Waals surface area (Å²) in [5, 5.41) is 15.1. The van der Waals surface area contributed by atoms with Gasteiger partial charge in [-0.15, -0.1) is 5.10 Å². The van der Waals surface area contributed by atoms with Gasteiger partial charge < -0.3 is 9.84 Å². The fourth-order valence-electron chi connectivity index (χ4n) is 3.62. The number of aromatic hydroxyl groups is 1. The molecular weight excluding hydrogens is 336 g/mol. The second kappa shape index (κ2) is 6.40. The third-order valence-electron chi connectivity index (χ3n) is 4.48. The highest BCUT2D eigenvalue weighted by atomic mass is 32.1. The van der Waals surface area contributed by atoms with Gasteiger partial charge in [-0.1, -0.05) is 41.7 Å². The van der Waals surface area contributed by atoms with Crippen molar-refractivity contribution in [2.24, 2.45) is 0 Å². The van der Waals surface area contributed by atoms with Crippen LogP contribution in [0, 0.1) is 6.92 Å². The van der Waals surface area contributed by atoms with Gasteiger partial charge in [-0.3, -0.25) is 4.90 Å². The smallest absolute Gasteiger partial charge is 0.230 e. The highest BCUT2D eigenvalue weighted by molar-refractivity contribution is 7.17. The Balaban J connectivity index is 1.82. The average Bonchev–Trinajstić information content (AvgIpc) is 3.06. The summed E-state index contributed by atoms with van der Waals surface area (Å²) in [7, 11) is 0. The van der Waals surface area contributed by atoms with E-state index in [1.54, 1.807) is 4.52 Å². The molecule has 7 heteroatoms. The zero-order valence-corrected chi connectivity index (χ0v) is 15.4. The summed E-state index contributed by atoms with van der Waals surface area (Å²) in [4.78, 5) is 8.39. The fraction of sp³-hybridized carbons (Fsp3) is 0.444. The number of nitrogens with zero attached hydrogens (tertiary/aromatic N) is 4. The summed E-state index contributed by atoms with van der Waals surface area (Å²) < 4.78 is 7.44. The van der Waals surface area contributed by atoms with Crippen molar-refractivity contribution in [2.75, 3.05) is 13.1 Å². The minimum Gasteiger partial charge on any atom is -0.492 e. The van der Waals surface area contributed by atoms with Crippen molar-refractivity contribution in [3.05, 3.63) is 46.6 Å². The van der Waals surface area contributed by atoms with E-state index in [4.69, 9.17) is 4.74 Å². The van der Waals surface area contributed by atoms with Crippen LogP contribution in [0.3, 0.4) is 0 Å². The zero-order chi connectivity index (χ0) is 17.6. The molecule has 1 aromatic carbocycles. The number of benzene rings is 1. The monoisotopic (exact) mass is 358 g/mol. The van der Waals surface area contributed by atoms with E-state index in [0.29, 0.717) is 5.82 Å². The molecule has 1 N–H and O–H groups in total. The lowest BCUT2D eigenvalue weighted by Gasteiger charge is -2.40. The van der Waals surface area contributed by atoms with Gasteiger partial charge in [-0.05, 0) is 26.3 Å². The van der Waals surface area contributed by atoms with Crippen LogP contribution < -0.4 is 0 Å². The predicted molar refractivity (Wildman–Crippen MR) is 97.1 cm³/mol. The molecule has 1 aliphatic heterocycles. The van der Waals surface area contributed by atoms with Crippen molar-refractivity contribution >= 4 is 16.3 Å². The normalized spacial score (nSPS) is 23.2. The van der Waals surface area contributed by atoms with E-state index in [1.807, 2.05) is 25.1 Å². The first-order valence-corrected chi connectivity index (χ1v) is 9.34. The van der Waals surface area contributed by atoms with Crippen LogP contribution in [0.4, 0.5) is 0 Å². The summed E-state index contributed by atoms with van der Waals surface area (Å²) in [5.41, 5.74) is 1.15. The summed E-state index contributed by atoms with van der Waals surface area (Å²) in [5.74, 6) is 0.847. The first kappa shape index (κ1) is 16.5. The molecular formula is C18H22N4O2S. The molecule has 132 valence electrons. The fourth-order valence-corrected chi connectivity index (χ4v) is 4.78. The molecule has 0 spiro atoms. The Hall–Kier alpha value is -1.96. The van der Waals surface area contributed by atoms with Gasteiger partial charge in [-0.2, -0.15) is 4.52 Å². The van der Waals surface area contributed by atoms with Crippen molar-refractivity contribution in [1.82, 2.24) is 19.5 Å². The van der Waals surface area contributed by atoms with E-state index in [0.717, 1.165) is 28.5 Å². The Bertz CT molecular complexity index is 866. The Morgan fingerprint density at radius 1 is 1.20 bits per heavy atom. The number of aromatic nitrogens is 3. The molecule has 0 amide bonds. The third-order valence-corrected chi connectivity index (χ3v) is 5.55. The Labute approximate surface area is 150 Å². The van der Waals surface area contributed by atoms with Crippen LogP contribution in [0.5, 0.6) is 5.88 Å². The number of hydrogen-bond acceptors (Lipinski definition) is 6. The number of ether oxygens (including phenoxy) is 1. The quantitative estimate of drug-likeness (QED) is 0.780. The number of aryl methyl sites for hydroxylation is 1. The number of thiazole rings is 1. The number of rotatable bonds is 3. The second-order valence-corrected chi connectivity index (χ2v) is 7.68. The number of hydrogen-bond donors (Lipinski definition) is 1. The van der Waals surface area contributed by atoms with Crippen molar-refractivity contribution in [2.45, 2.75) is 39.0 Å². The summed E-state index contributed by atoms with van der Waals surface area (Å²) in [6, 6.07) is 10.3. The highest BCUT2D eigenvalue weighted by Crippen LogP contribution is 2.40. The van der Waals surface area contributed by atoms with Gasteiger partial charge in [0.05, 0.1) is 23.1 Å². The van der Waals surface area contributed by atoms with Gasteiger partial charge in [0.25, 0.3) is 0 Å². The minimum atomic E-state index is -0.0381. The van der Waals surface area contributed by atoms with Crippen LogP contribution in [0.15, 0.2) is 30.3 Å². The van der Waals surface area contributed by atoms with Crippen LogP contribution in [0.25, 0.3) is 4.96 Å². The Morgan fingerprint density at radius 3 is 2.52 bits per heavy atom. The van der Waals surface area contributed by atoms with Crippen LogP contribution in [0.2, 0.25) is 0 Å². The third kappa shape index (κ3) is 3.03. The molecule has 6 nitrogen and oxygen atoms in total. The lowest BCUT2D eigenvalue weighted by Crippen LogP contribution is -2.47. The number of morpholine rings is 1. The highest BCUT2D eigenvalue weighted by Gasteiger charge is 2.33. The summed E-state index contributed by atoms with van der Waals surface area (Å²) >= 11 is 1.50. The maximum atomic E-state index is 10.8. The molecule has 1 aliphatic rings. The van der Waals surface area contributed by atoms with Gasteiger partial charge in [0.1, 0.15) is 5.82 Å². The first-order chi connectivity index (χ1) is 12.0. The minimum absolute atomic E-state index is 0.0381. The predicted octanol–water partition coefficient (Wildman–Crippen LogP) is 3.00. The van der Waals surface area contributed by atoms with Crippen LogP contribution in [0.1, 0.15) is 36.2 Å². The molecule has 0 aliphatic carbocycles. The maximum Gasteiger partial charge on any atom is 0.230 e. The molecule has 4 rings (SSSR count). The lowest BCUT2D eigenvalue weighted by atomic mass is 10.0. The van der Waals surface area contributed by atoms with Gasteiger partial charge in [0, 0.05) is 13.1 Å². The van der Waals surface area contributed by atoms with Gasteiger partial charge >= 0.3 is 0 Å². The van der Waals surface area contributed by atoms with E-state index >= 15 is 0 Å². The Kier molecular flexibility index (Phi) is 4.23. The van der Waals surface area contributed by atoms with Crippen LogP contribution in [-0.2, 0) is 4.74 Å². The van der Waals surface area contributed by atoms with Gasteiger partial charge in [-0.25, -0.2) is 4.98 Å². The number of fused-ring (bicyclic) bond motifs is 1. The van der Waals surface area contributed by atoms with Gasteiger partial charge in [0.15, 0.2) is 0 Å². The van der Waals surface area contributed by atoms with E-state index in [1.165, 1.54) is 11.3 Å². The first-order valence-electron chi connectivity index (χ1n) is 8.52. The van der Waals surface area contributed by atoms with Crippen molar-refractivity contribution < 1.29 is 9.84 Å². The molecule has 3 atom stereocenters. The molecule has 2 aromatic heterocycles. The summed E-state index contributed by atoms with van der Waals surface area (Å²) in [6.45, 7) is 7.65.